The third kappa shape index (κ3) is 3.21. The first-order valence-corrected chi connectivity index (χ1v) is 8.59. The Morgan fingerprint density at radius 2 is 2.21 bits per heavy atom. The van der Waals surface area contributed by atoms with Crippen LogP contribution in [0.1, 0.15) is 62.8 Å². The molecule has 0 aromatic carbocycles. The summed E-state index contributed by atoms with van der Waals surface area (Å²) in [4.78, 5) is 1.45. The van der Waals surface area contributed by atoms with E-state index in [1.165, 1.54) is 43.4 Å². The zero-order chi connectivity index (χ0) is 13.1. The maximum atomic E-state index is 6.17. The quantitative estimate of drug-likeness (QED) is 0.891. The first-order chi connectivity index (χ1) is 9.27. The maximum absolute atomic E-state index is 6.17. The first kappa shape index (κ1) is 13.6. The number of ether oxygens (including phenoxy) is 1. The summed E-state index contributed by atoms with van der Waals surface area (Å²) < 4.78 is 6.17. The van der Waals surface area contributed by atoms with Crippen LogP contribution in [0.15, 0.2) is 17.5 Å². The van der Waals surface area contributed by atoms with Gasteiger partial charge in [-0.2, -0.15) is 0 Å². The van der Waals surface area contributed by atoms with E-state index in [4.69, 9.17) is 4.74 Å². The molecule has 0 radical (unpaired) electrons. The van der Waals surface area contributed by atoms with Crippen LogP contribution in [-0.4, -0.2) is 18.2 Å². The van der Waals surface area contributed by atoms with Gasteiger partial charge in [-0.1, -0.05) is 25.3 Å². The Balaban J connectivity index is 1.59. The Labute approximate surface area is 120 Å². The molecule has 0 bridgehead atoms. The molecule has 1 spiro atoms. The number of hydrogen-bond donors (Lipinski definition) is 1. The molecule has 1 unspecified atom stereocenters. The normalized spacial score (nSPS) is 28.4. The molecule has 0 amide bonds. The largest absolute Gasteiger partial charge is 0.375 e. The Hall–Kier alpha value is -0.380. The van der Waals surface area contributed by atoms with Gasteiger partial charge in [0.25, 0.3) is 0 Å². The smallest absolute Gasteiger partial charge is 0.0697 e. The maximum Gasteiger partial charge on any atom is 0.0697 e. The monoisotopic (exact) mass is 279 g/mol. The molecule has 2 nitrogen and oxygen atoms in total. The summed E-state index contributed by atoms with van der Waals surface area (Å²) in [5, 5.41) is 5.99. The topological polar surface area (TPSA) is 21.3 Å². The predicted molar refractivity (Wildman–Crippen MR) is 80.7 cm³/mol. The fraction of sp³-hybridized carbons (Fsp3) is 0.750. The summed E-state index contributed by atoms with van der Waals surface area (Å²) in [7, 11) is 0. The highest BCUT2D eigenvalue weighted by Crippen LogP contribution is 2.39. The van der Waals surface area contributed by atoms with E-state index in [-0.39, 0.29) is 5.60 Å². The standard InChI is InChI=1S/C16H25NOS/c1-13(15-6-5-11-19-15)17-14-7-10-18-16(12-14)8-3-2-4-9-16/h5-6,11,13-14,17H,2-4,7-10,12H2,1H3/t13-,14?/m0/s1. The van der Waals surface area contributed by atoms with E-state index >= 15 is 0 Å². The lowest BCUT2D eigenvalue weighted by Gasteiger charge is -2.44. The Bertz CT molecular complexity index is 378. The molecular weight excluding hydrogens is 254 g/mol. The van der Waals surface area contributed by atoms with Crippen molar-refractivity contribution in [2.75, 3.05) is 6.61 Å². The summed E-state index contributed by atoms with van der Waals surface area (Å²) in [5.74, 6) is 0. The highest BCUT2D eigenvalue weighted by Gasteiger charge is 2.38. The van der Waals surface area contributed by atoms with Crippen LogP contribution in [0.3, 0.4) is 0 Å². The minimum atomic E-state index is 0.212. The third-order valence-electron chi connectivity index (χ3n) is 4.71. The molecule has 1 saturated heterocycles. The average Bonchev–Trinajstić information content (AvgIpc) is 2.93. The zero-order valence-electron chi connectivity index (χ0n) is 11.9. The van der Waals surface area contributed by atoms with Gasteiger partial charge in [-0.25, -0.2) is 0 Å². The zero-order valence-corrected chi connectivity index (χ0v) is 12.7. The number of rotatable bonds is 3. The van der Waals surface area contributed by atoms with Gasteiger partial charge < -0.3 is 10.1 Å². The van der Waals surface area contributed by atoms with Gasteiger partial charge in [0.05, 0.1) is 5.60 Å². The second-order valence-corrected chi connectivity index (χ2v) is 7.16. The van der Waals surface area contributed by atoms with Gasteiger partial charge >= 0.3 is 0 Å². The van der Waals surface area contributed by atoms with Gasteiger partial charge in [-0.05, 0) is 44.1 Å². The Kier molecular flexibility index (Phi) is 4.25. The van der Waals surface area contributed by atoms with Crippen molar-refractivity contribution in [2.24, 2.45) is 0 Å². The van der Waals surface area contributed by atoms with E-state index in [0.29, 0.717) is 12.1 Å². The van der Waals surface area contributed by atoms with E-state index in [2.05, 4.69) is 29.8 Å². The van der Waals surface area contributed by atoms with Crippen LogP contribution < -0.4 is 5.32 Å². The van der Waals surface area contributed by atoms with Gasteiger partial charge in [0.15, 0.2) is 0 Å². The lowest BCUT2D eigenvalue weighted by atomic mass is 9.78. The van der Waals surface area contributed by atoms with E-state index in [0.717, 1.165) is 13.0 Å². The highest BCUT2D eigenvalue weighted by atomic mass is 32.1. The minimum absolute atomic E-state index is 0.212. The molecule has 1 aliphatic heterocycles. The van der Waals surface area contributed by atoms with Crippen LogP contribution >= 0.6 is 11.3 Å². The molecule has 2 aliphatic rings. The van der Waals surface area contributed by atoms with Crippen molar-refractivity contribution >= 4 is 11.3 Å². The van der Waals surface area contributed by atoms with E-state index in [1.807, 2.05) is 11.3 Å². The SMILES string of the molecule is C[C@H](NC1CCOC2(CCCCC2)C1)c1cccs1. The van der Waals surface area contributed by atoms with Crippen molar-refractivity contribution in [3.63, 3.8) is 0 Å². The van der Waals surface area contributed by atoms with Crippen LogP contribution in [0.2, 0.25) is 0 Å². The van der Waals surface area contributed by atoms with Crippen molar-refractivity contribution in [3.05, 3.63) is 22.4 Å². The molecule has 2 fully saturated rings. The van der Waals surface area contributed by atoms with Crippen LogP contribution in [0, 0.1) is 0 Å². The Morgan fingerprint density at radius 3 is 2.95 bits per heavy atom. The molecular formula is C16H25NOS. The molecule has 3 heteroatoms. The van der Waals surface area contributed by atoms with Crippen LogP contribution in [-0.2, 0) is 4.74 Å². The van der Waals surface area contributed by atoms with Gasteiger partial charge in [0, 0.05) is 23.6 Å². The second-order valence-electron chi connectivity index (χ2n) is 6.19. The van der Waals surface area contributed by atoms with Crippen LogP contribution in [0.4, 0.5) is 0 Å². The van der Waals surface area contributed by atoms with Crippen molar-refractivity contribution in [3.8, 4) is 0 Å². The molecule has 19 heavy (non-hydrogen) atoms. The third-order valence-corrected chi connectivity index (χ3v) is 5.77. The van der Waals surface area contributed by atoms with Gasteiger partial charge in [-0.15, -0.1) is 11.3 Å². The summed E-state index contributed by atoms with van der Waals surface area (Å²) in [5.41, 5.74) is 0.212. The van der Waals surface area contributed by atoms with E-state index < -0.39 is 0 Å². The number of thiophene rings is 1. The van der Waals surface area contributed by atoms with Crippen molar-refractivity contribution in [2.45, 2.75) is 69.6 Å². The van der Waals surface area contributed by atoms with Crippen LogP contribution in [0.25, 0.3) is 0 Å². The molecule has 1 aliphatic carbocycles. The highest BCUT2D eigenvalue weighted by molar-refractivity contribution is 7.10. The van der Waals surface area contributed by atoms with Gasteiger partial charge in [-0.3, -0.25) is 0 Å². The Morgan fingerprint density at radius 1 is 1.37 bits per heavy atom. The minimum Gasteiger partial charge on any atom is -0.375 e. The average molecular weight is 279 g/mol. The number of nitrogens with one attached hydrogen (secondary N) is 1. The fourth-order valence-corrected chi connectivity index (χ4v) is 4.43. The molecule has 2 atom stereocenters. The van der Waals surface area contributed by atoms with E-state index in [9.17, 15) is 0 Å². The number of hydrogen-bond acceptors (Lipinski definition) is 3. The molecule has 106 valence electrons. The lowest BCUT2D eigenvalue weighted by Crippen LogP contribution is -2.48. The summed E-state index contributed by atoms with van der Waals surface area (Å²) in [6.07, 6.45) is 9.03. The predicted octanol–water partition coefficient (Wildman–Crippen LogP) is 4.28. The molecule has 2 heterocycles. The second kappa shape index (κ2) is 5.94. The van der Waals surface area contributed by atoms with Crippen molar-refractivity contribution in [1.82, 2.24) is 5.32 Å². The summed E-state index contributed by atoms with van der Waals surface area (Å²) >= 11 is 1.85. The van der Waals surface area contributed by atoms with Crippen LogP contribution in [0.5, 0.6) is 0 Å². The lowest BCUT2D eigenvalue weighted by molar-refractivity contribution is -0.109. The van der Waals surface area contributed by atoms with E-state index in [1.54, 1.807) is 0 Å². The molecule has 1 N–H and O–H groups in total. The summed E-state index contributed by atoms with van der Waals surface area (Å²) in [6, 6.07) is 5.48. The van der Waals surface area contributed by atoms with Crippen molar-refractivity contribution < 1.29 is 4.74 Å². The molecule has 1 aromatic rings. The molecule has 1 aromatic heterocycles. The van der Waals surface area contributed by atoms with Gasteiger partial charge in [0.1, 0.15) is 0 Å². The first-order valence-electron chi connectivity index (χ1n) is 7.71. The fourth-order valence-electron chi connectivity index (χ4n) is 3.69. The molecule has 1 saturated carbocycles. The molecule has 3 rings (SSSR count). The van der Waals surface area contributed by atoms with Crippen molar-refractivity contribution in [1.29, 1.82) is 0 Å². The van der Waals surface area contributed by atoms with Gasteiger partial charge in [0.2, 0.25) is 0 Å². The summed E-state index contributed by atoms with van der Waals surface area (Å²) in [6.45, 7) is 3.23.